The van der Waals surface area contributed by atoms with Crippen LogP contribution >= 0.6 is 0 Å². The molecule has 0 aromatic heterocycles. The molecule has 0 aromatic carbocycles. The lowest BCUT2D eigenvalue weighted by molar-refractivity contribution is -0.137. The highest BCUT2D eigenvalue weighted by molar-refractivity contribution is 7.93. The van der Waals surface area contributed by atoms with E-state index in [2.05, 4.69) is 5.73 Å². The van der Waals surface area contributed by atoms with Crippen LogP contribution in [0.25, 0.3) is 0 Å². The number of carbonyl (C=O) groups excluding carboxylic acids is 2. The van der Waals surface area contributed by atoms with Crippen LogP contribution in [0, 0.1) is 5.92 Å². The van der Waals surface area contributed by atoms with Crippen molar-refractivity contribution in [3.8, 4) is 0 Å². The van der Waals surface area contributed by atoms with Gasteiger partial charge in [0.25, 0.3) is 0 Å². The third kappa shape index (κ3) is 4.81. The number of aliphatic carboxylic acids is 1. The minimum absolute atomic E-state index is 0.695. The molecule has 3 amide bonds. The number of carboxylic acids is 1. The quantitative estimate of drug-likeness (QED) is 0.564. The smallest absolute Gasteiger partial charge is 0.322 e. The summed E-state index contributed by atoms with van der Waals surface area (Å²) >= 11 is 0. The second kappa shape index (κ2) is 5.62. The van der Waals surface area contributed by atoms with Crippen LogP contribution in [-0.2, 0) is 19.4 Å². The number of primary amides is 1. The van der Waals surface area contributed by atoms with Crippen LogP contribution in [0.1, 0.15) is 13.8 Å². The van der Waals surface area contributed by atoms with Gasteiger partial charge in [0.1, 0.15) is 5.75 Å². The van der Waals surface area contributed by atoms with Gasteiger partial charge >= 0.3 is 12.0 Å². The number of hydrogen-bond donors (Lipinski definition) is 3. The van der Waals surface area contributed by atoms with E-state index in [0.29, 0.717) is 0 Å². The Kier molecular flexibility index (Phi) is 5.08. The van der Waals surface area contributed by atoms with Crippen LogP contribution in [0.15, 0.2) is 0 Å². The zero-order chi connectivity index (χ0) is 13.8. The summed E-state index contributed by atoms with van der Waals surface area (Å²) in [5.41, 5.74) is 4.63. The highest BCUT2D eigenvalue weighted by Crippen LogP contribution is 2.13. The van der Waals surface area contributed by atoms with Gasteiger partial charge in [-0.05, 0) is 5.92 Å². The van der Waals surface area contributed by atoms with Gasteiger partial charge in [-0.15, -0.1) is 0 Å². The molecular formula is C8H14N2O6S. The summed E-state index contributed by atoms with van der Waals surface area (Å²) in [5.74, 6) is -4.47. The van der Waals surface area contributed by atoms with Gasteiger partial charge in [-0.2, -0.15) is 0 Å². The van der Waals surface area contributed by atoms with Gasteiger partial charge in [0.05, 0.1) is 0 Å². The molecule has 0 bridgehead atoms. The van der Waals surface area contributed by atoms with Crippen LogP contribution in [0.5, 0.6) is 0 Å². The van der Waals surface area contributed by atoms with Crippen molar-refractivity contribution in [3.63, 3.8) is 0 Å². The van der Waals surface area contributed by atoms with Crippen molar-refractivity contribution in [2.45, 2.75) is 19.1 Å². The van der Waals surface area contributed by atoms with E-state index in [0.717, 1.165) is 0 Å². The number of rotatable bonds is 5. The minimum Gasteiger partial charge on any atom is -0.480 e. The van der Waals surface area contributed by atoms with Gasteiger partial charge in [0, 0.05) is 0 Å². The summed E-state index contributed by atoms with van der Waals surface area (Å²) in [6.45, 7) is 2.81. The Morgan fingerprint density at radius 1 is 1.29 bits per heavy atom. The molecule has 9 heteroatoms. The van der Waals surface area contributed by atoms with Crippen LogP contribution in [0.3, 0.4) is 0 Å². The number of carbonyl (C=O) groups is 3. The average Bonchev–Trinajstić information content (AvgIpc) is 1.95. The summed E-state index contributed by atoms with van der Waals surface area (Å²) in [4.78, 5) is 32.1. The lowest BCUT2D eigenvalue weighted by atomic mass is 10.1. The third-order valence-corrected chi connectivity index (χ3v) is 4.01. The highest BCUT2D eigenvalue weighted by Gasteiger charge is 2.36. The average molecular weight is 266 g/mol. The van der Waals surface area contributed by atoms with Gasteiger partial charge in [-0.3, -0.25) is 14.9 Å². The molecule has 0 spiro atoms. The normalized spacial score (nSPS) is 13.1. The maximum absolute atomic E-state index is 11.6. The van der Waals surface area contributed by atoms with E-state index in [9.17, 15) is 22.8 Å². The van der Waals surface area contributed by atoms with Crippen molar-refractivity contribution in [1.82, 2.24) is 5.32 Å². The fourth-order valence-electron chi connectivity index (χ4n) is 1.30. The Labute approximate surface area is 98.1 Å². The molecule has 17 heavy (non-hydrogen) atoms. The largest absolute Gasteiger partial charge is 0.480 e. The van der Waals surface area contributed by atoms with Gasteiger partial charge in [0.15, 0.2) is 15.1 Å². The zero-order valence-corrected chi connectivity index (χ0v) is 10.2. The molecule has 8 nitrogen and oxygen atoms in total. The first-order valence-electron chi connectivity index (χ1n) is 4.61. The van der Waals surface area contributed by atoms with Crippen molar-refractivity contribution >= 4 is 27.7 Å². The minimum atomic E-state index is -4.19. The van der Waals surface area contributed by atoms with Crippen molar-refractivity contribution in [3.05, 3.63) is 0 Å². The second-order valence-corrected chi connectivity index (χ2v) is 5.84. The first kappa shape index (κ1) is 15.4. The molecular weight excluding hydrogens is 252 g/mol. The molecule has 1 unspecified atom stereocenters. The van der Waals surface area contributed by atoms with E-state index in [1.165, 1.54) is 13.8 Å². The molecule has 0 aliphatic rings. The number of nitrogens with two attached hydrogens (primary N) is 1. The van der Waals surface area contributed by atoms with E-state index in [4.69, 9.17) is 5.11 Å². The third-order valence-electron chi connectivity index (χ3n) is 1.83. The van der Waals surface area contributed by atoms with Crippen molar-refractivity contribution < 1.29 is 27.9 Å². The van der Waals surface area contributed by atoms with Crippen LogP contribution < -0.4 is 11.1 Å². The number of nitrogens with one attached hydrogen (secondary N) is 1. The summed E-state index contributed by atoms with van der Waals surface area (Å²) in [5, 5.41) is 8.64. The lowest BCUT2D eigenvalue weighted by Gasteiger charge is -2.16. The van der Waals surface area contributed by atoms with Gasteiger partial charge < -0.3 is 10.8 Å². The van der Waals surface area contributed by atoms with E-state index in [-0.39, 0.29) is 0 Å². The Morgan fingerprint density at radius 2 is 1.76 bits per heavy atom. The molecule has 1 atom stereocenters. The molecule has 0 heterocycles. The van der Waals surface area contributed by atoms with Crippen LogP contribution in [-0.4, -0.2) is 42.4 Å². The number of amides is 3. The Hall–Kier alpha value is -1.64. The molecule has 0 fully saturated rings. The highest BCUT2D eigenvalue weighted by atomic mass is 32.2. The summed E-state index contributed by atoms with van der Waals surface area (Å²) in [6, 6.07) is -1.19. The van der Waals surface area contributed by atoms with Gasteiger partial charge in [-0.1, -0.05) is 13.8 Å². The molecule has 0 aliphatic carbocycles. The Morgan fingerprint density at radius 3 is 2.06 bits per heavy atom. The summed E-state index contributed by atoms with van der Waals surface area (Å²) in [7, 11) is -4.19. The fourth-order valence-corrected chi connectivity index (χ4v) is 3.05. The Balaban J connectivity index is 4.94. The van der Waals surface area contributed by atoms with Crippen molar-refractivity contribution in [2.75, 3.05) is 5.75 Å². The predicted octanol–water partition coefficient (Wildman–Crippen LogP) is -1.29. The van der Waals surface area contributed by atoms with Gasteiger partial charge in [0.2, 0.25) is 5.91 Å². The first-order chi connectivity index (χ1) is 7.58. The first-order valence-corrected chi connectivity index (χ1v) is 6.33. The molecule has 0 radical (unpaired) electrons. The lowest BCUT2D eigenvalue weighted by Crippen LogP contribution is -2.44. The number of urea groups is 1. The number of imide groups is 1. The molecule has 0 aromatic rings. The SMILES string of the molecule is CC(C)C(C(=O)O)S(=O)(=O)CC(=O)NC(N)=O. The van der Waals surface area contributed by atoms with Crippen LogP contribution in [0.2, 0.25) is 0 Å². The van der Waals surface area contributed by atoms with E-state index in [1.807, 2.05) is 0 Å². The summed E-state index contributed by atoms with van der Waals surface area (Å²) < 4.78 is 23.2. The van der Waals surface area contributed by atoms with Crippen molar-refractivity contribution in [1.29, 1.82) is 0 Å². The molecule has 0 saturated carbocycles. The molecule has 98 valence electrons. The van der Waals surface area contributed by atoms with Gasteiger partial charge in [-0.25, -0.2) is 13.2 Å². The zero-order valence-electron chi connectivity index (χ0n) is 9.34. The maximum Gasteiger partial charge on any atom is 0.322 e. The summed E-state index contributed by atoms with van der Waals surface area (Å²) in [6.07, 6.45) is 0. The molecule has 4 N–H and O–H groups in total. The number of carboxylic acid groups (broad SMARTS) is 1. The number of hydrogen-bond acceptors (Lipinski definition) is 5. The molecule has 0 rings (SSSR count). The maximum atomic E-state index is 11.6. The molecule has 0 saturated heterocycles. The fraction of sp³-hybridized carbons (Fsp3) is 0.625. The Bertz CT molecular complexity index is 427. The second-order valence-electron chi connectivity index (χ2n) is 3.72. The van der Waals surface area contributed by atoms with E-state index in [1.54, 1.807) is 5.32 Å². The number of sulfone groups is 1. The predicted molar refractivity (Wildman–Crippen MR) is 57.8 cm³/mol. The molecule has 0 aliphatic heterocycles. The standard InChI is InChI=1S/C8H14N2O6S/c1-4(2)6(7(12)13)17(15,16)3-5(11)10-8(9)14/h4,6H,3H2,1-2H3,(H,12,13)(H3,9,10,11,14). The van der Waals surface area contributed by atoms with Crippen molar-refractivity contribution in [2.24, 2.45) is 11.7 Å². The van der Waals surface area contributed by atoms with E-state index < -0.39 is 44.7 Å². The van der Waals surface area contributed by atoms with E-state index >= 15 is 0 Å². The monoisotopic (exact) mass is 266 g/mol. The van der Waals surface area contributed by atoms with Crippen LogP contribution in [0.4, 0.5) is 4.79 Å². The topological polar surface area (TPSA) is 144 Å².